The minimum absolute atomic E-state index is 0.204. The number of esters is 1. The first kappa shape index (κ1) is 22.4. The highest BCUT2D eigenvalue weighted by Gasteiger charge is 2.18. The normalized spacial score (nSPS) is 9.90. The molecule has 3 amide bonds. The van der Waals surface area contributed by atoms with Crippen LogP contribution in [0.3, 0.4) is 0 Å². The van der Waals surface area contributed by atoms with Gasteiger partial charge in [0, 0.05) is 18.5 Å². The number of aryl methyl sites for hydroxylation is 1. The summed E-state index contributed by atoms with van der Waals surface area (Å²) in [6, 6.07) is 14.8. The molecule has 0 bridgehead atoms. The third-order valence-electron chi connectivity index (χ3n) is 4.14. The van der Waals surface area contributed by atoms with Gasteiger partial charge >= 0.3 is 12.0 Å². The predicted molar refractivity (Wildman–Crippen MR) is 112 cm³/mol. The van der Waals surface area contributed by atoms with Crippen molar-refractivity contribution in [2.24, 2.45) is 0 Å². The van der Waals surface area contributed by atoms with Crippen molar-refractivity contribution in [3.8, 4) is 6.07 Å². The zero-order chi connectivity index (χ0) is 21.9. The van der Waals surface area contributed by atoms with Gasteiger partial charge in [0.2, 0.25) is 5.91 Å². The van der Waals surface area contributed by atoms with Gasteiger partial charge in [-0.1, -0.05) is 19.1 Å². The number of anilines is 2. The Hall–Kier alpha value is -3.86. The maximum atomic E-state index is 12.8. The molecule has 0 radical (unpaired) electrons. The van der Waals surface area contributed by atoms with E-state index in [4.69, 9.17) is 10.00 Å². The molecule has 8 nitrogen and oxygen atoms in total. The zero-order valence-electron chi connectivity index (χ0n) is 17.0. The smallest absolute Gasteiger partial charge is 0.345 e. The molecule has 2 aromatic rings. The molecule has 0 spiro atoms. The molecular formula is C22H24N4O4. The van der Waals surface area contributed by atoms with Crippen molar-refractivity contribution < 1.29 is 19.1 Å². The van der Waals surface area contributed by atoms with Crippen molar-refractivity contribution in [1.29, 1.82) is 5.26 Å². The molecule has 2 rings (SSSR count). The Balaban J connectivity index is 2.07. The number of hydrogen-bond donors (Lipinski definition) is 2. The third kappa shape index (κ3) is 6.63. The number of nitrogens with zero attached hydrogens (tertiary/aromatic N) is 2. The van der Waals surface area contributed by atoms with Crippen LogP contribution in [0.4, 0.5) is 16.2 Å². The van der Waals surface area contributed by atoms with Crippen LogP contribution in [0, 0.1) is 11.3 Å². The standard InChI is InChI=1S/C22H24N4O4/c1-3-20(27)25-26(19-12-7-17(15-23)8-13-19)22(29)24-18-10-5-16(6-11-18)9-14-21(28)30-4-2/h5-8,10-13H,3-4,9,14H2,1-2H3,(H,24,29)(H,25,27). The van der Waals surface area contributed by atoms with Crippen LogP contribution < -0.4 is 15.8 Å². The van der Waals surface area contributed by atoms with Crippen molar-refractivity contribution >= 4 is 29.3 Å². The average molecular weight is 408 g/mol. The quantitative estimate of drug-likeness (QED) is 0.538. The minimum atomic E-state index is -0.555. The summed E-state index contributed by atoms with van der Waals surface area (Å²) in [6.07, 6.45) is 1.03. The van der Waals surface area contributed by atoms with E-state index in [0.717, 1.165) is 10.6 Å². The number of benzene rings is 2. The van der Waals surface area contributed by atoms with Gasteiger partial charge in [-0.15, -0.1) is 0 Å². The minimum Gasteiger partial charge on any atom is -0.466 e. The van der Waals surface area contributed by atoms with Crippen molar-refractivity contribution in [1.82, 2.24) is 5.43 Å². The SMILES string of the molecule is CCOC(=O)CCc1ccc(NC(=O)N(NC(=O)CC)c2ccc(C#N)cc2)cc1. The summed E-state index contributed by atoms with van der Waals surface area (Å²) < 4.78 is 4.91. The van der Waals surface area contributed by atoms with Gasteiger partial charge in [0.25, 0.3) is 0 Å². The predicted octanol–water partition coefficient (Wildman–Crippen LogP) is 3.53. The molecule has 0 aromatic heterocycles. The largest absolute Gasteiger partial charge is 0.466 e. The number of urea groups is 1. The topological polar surface area (TPSA) is 112 Å². The average Bonchev–Trinajstić information content (AvgIpc) is 2.77. The number of carbonyl (C=O) groups excluding carboxylic acids is 3. The summed E-state index contributed by atoms with van der Waals surface area (Å²) in [5, 5.41) is 12.8. The molecule has 0 aliphatic rings. The van der Waals surface area contributed by atoms with Crippen molar-refractivity contribution in [3.05, 3.63) is 59.7 Å². The Labute approximate surface area is 175 Å². The van der Waals surface area contributed by atoms with Crippen LogP contribution in [-0.2, 0) is 20.7 Å². The second-order valence-electron chi connectivity index (χ2n) is 6.31. The first-order valence-electron chi connectivity index (χ1n) is 9.62. The molecule has 8 heteroatoms. The second kappa shape index (κ2) is 11.2. The molecule has 0 heterocycles. The van der Waals surface area contributed by atoms with Crippen LogP contribution in [0.1, 0.15) is 37.8 Å². The Bertz CT molecular complexity index is 918. The Morgan fingerprint density at radius 2 is 1.70 bits per heavy atom. The van der Waals surface area contributed by atoms with Crippen molar-refractivity contribution in [2.45, 2.75) is 33.1 Å². The van der Waals surface area contributed by atoms with Gasteiger partial charge in [-0.05, 0) is 55.3 Å². The highest BCUT2D eigenvalue weighted by Crippen LogP contribution is 2.17. The summed E-state index contributed by atoms with van der Waals surface area (Å²) >= 11 is 0. The van der Waals surface area contributed by atoms with Gasteiger partial charge in [0.05, 0.1) is 23.9 Å². The lowest BCUT2D eigenvalue weighted by Crippen LogP contribution is -2.48. The van der Waals surface area contributed by atoms with Gasteiger partial charge in [0.15, 0.2) is 0 Å². The number of rotatable bonds is 7. The first-order chi connectivity index (χ1) is 14.5. The van der Waals surface area contributed by atoms with Crippen molar-refractivity contribution in [2.75, 3.05) is 16.9 Å². The van der Waals surface area contributed by atoms with Gasteiger partial charge < -0.3 is 10.1 Å². The van der Waals surface area contributed by atoms with E-state index in [1.807, 2.05) is 18.2 Å². The monoisotopic (exact) mass is 408 g/mol. The second-order valence-corrected chi connectivity index (χ2v) is 6.31. The van der Waals surface area contributed by atoms with E-state index in [0.29, 0.717) is 30.0 Å². The molecule has 0 fully saturated rings. The molecule has 0 saturated heterocycles. The van der Waals surface area contributed by atoms with Crippen LogP contribution in [0.15, 0.2) is 48.5 Å². The van der Waals surface area contributed by atoms with Crippen LogP contribution in [0.5, 0.6) is 0 Å². The molecule has 156 valence electrons. The fourth-order valence-corrected chi connectivity index (χ4v) is 2.54. The third-order valence-corrected chi connectivity index (χ3v) is 4.14. The van der Waals surface area contributed by atoms with Gasteiger partial charge in [-0.2, -0.15) is 5.26 Å². The maximum absolute atomic E-state index is 12.8. The summed E-state index contributed by atoms with van der Waals surface area (Å²) in [5.74, 6) is -0.580. The van der Waals surface area contributed by atoms with E-state index in [-0.39, 0.29) is 24.7 Å². The molecule has 0 aliphatic carbocycles. The lowest BCUT2D eigenvalue weighted by molar-refractivity contribution is -0.143. The van der Waals surface area contributed by atoms with Crippen LogP contribution >= 0.6 is 0 Å². The summed E-state index contributed by atoms with van der Waals surface area (Å²) in [7, 11) is 0. The van der Waals surface area contributed by atoms with E-state index in [2.05, 4.69) is 10.7 Å². The van der Waals surface area contributed by atoms with E-state index < -0.39 is 6.03 Å². The van der Waals surface area contributed by atoms with Crippen LogP contribution in [-0.4, -0.2) is 24.5 Å². The molecular weight excluding hydrogens is 384 g/mol. The Morgan fingerprint density at radius 1 is 1.03 bits per heavy atom. The zero-order valence-corrected chi connectivity index (χ0v) is 17.0. The number of nitrogens with one attached hydrogen (secondary N) is 2. The van der Waals surface area contributed by atoms with E-state index in [1.54, 1.807) is 50.2 Å². The van der Waals surface area contributed by atoms with Gasteiger partial charge in [0.1, 0.15) is 0 Å². The highest BCUT2D eigenvalue weighted by atomic mass is 16.5. The fourth-order valence-electron chi connectivity index (χ4n) is 2.54. The van der Waals surface area contributed by atoms with Crippen LogP contribution in [0.25, 0.3) is 0 Å². The number of ether oxygens (including phenoxy) is 1. The number of carbonyl (C=O) groups is 3. The van der Waals surface area contributed by atoms with Gasteiger partial charge in [-0.3, -0.25) is 15.0 Å². The van der Waals surface area contributed by atoms with E-state index >= 15 is 0 Å². The fraction of sp³-hybridized carbons (Fsp3) is 0.273. The first-order valence-corrected chi connectivity index (χ1v) is 9.62. The maximum Gasteiger partial charge on any atom is 0.345 e. The molecule has 0 unspecified atom stereocenters. The number of hydrogen-bond acceptors (Lipinski definition) is 5. The lowest BCUT2D eigenvalue weighted by atomic mass is 10.1. The number of nitriles is 1. The molecule has 2 N–H and O–H groups in total. The molecule has 30 heavy (non-hydrogen) atoms. The number of hydrazine groups is 1. The Kier molecular flexibility index (Phi) is 8.39. The summed E-state index contributed by atoms with van der Waals surface area (Å²) in [4.78, 5) is 36.1. The molecule has 2 aromatic carbocycles. The highest BCUT2D eigenvalue weighted by molar-refractivity contribution is 6.03. The molecule has 0 atom stereocenters. The van der Waals surface area contributed by atoms with E-state index in [1.165, 1.54) is 0 Å². The van der Waals surface area contributed by atoms with E-state index in [9.17, 15) is 14.4 Å². The van der Waals surface area contributed by atoms with Crippen LogP contribution in [0.2, 0.25) is 0 Å². The number of amides is 3. The summed E-state index contributed by atoms with van der Waals surface area (Å²) in [5.41, 5.74) is 4.87. The summed E-state index contributed by atoms with van der Waals surface area (Å²) in [6.45, 7) is 3.80. The van der Waals surface area contributed by atoms with Crippen molar-refractivity contribution in [3.63, 3.8) is 0 Å². The van der Waals surface area contributed by atoms with Gasteiger partial charge in [-0.25, -0.2) is 9.80 Å². The molecule has 0 aliphatic heterocycles. The molecule has 0 saturated carbocycles. The lowest BCUT2D eigenvalue weighted by Gasteiger charge is -2.23. The Morgan fingerprint density at radius 3 is 2.27 bits per heavy atom.